The van der Waals surface area contributed by atoms with Crippen molar-refractivity contribution in [2.45, 2.75) is 6.04 Å². The van der Waals surface area contributed by atoms with Gasteiger partial charge in [0.1, 0.15) is 5.75 Å². The summed E-state index contributed by atoms with van der Waals surface area (Å²) < 4.78 is 21.9. The summed E-state index contributed by atoms with van der Waals surface area (Å²) in [5.74, 6) is 2.03. The Labute approximate surface area is 176 Å². The van der Waals surface area contributed by atoms with Crippen molar-refractivity contribution in [3.8, 4) is 17.2 Å². The number of nitrogens with zero attached hydrogens (tertiary/aromatic N) is 1. The maximum Gasteiger partial charge on any atom is 0.258 e. The number of amides is 1. The van der Waals surface area contributed by atoms with Crippen molar-refractivity contribution >= 4 is 18.3 Å². The van der Waals surface area contributed by atoms with Gasteiger partial charge in [-0.05, 0) is 29.8 Å². The molecule has 0 saturated carbocycles. The number of fused-ring (bicyclic) bond motifs is 1. The van der Waals surface area contributed by atoms with Crippen LogP contribution in [-0.4, -0.2) is 57.1 Å². The number of carbonyl (C=O) groups excluding carboxylic acids is 1. The average molecular weight is 421 g/mol. The zero-order valence-electron chi connectivity index (χ0n) is 16.0. The SMILES string of the molecule is Cl.O=C(COc1ccccc1)NCC(c1ccc2c(c1)OCO2)N1CCOCC1. The van der Waals surface area contributed by atoms with Crippen LogP contribution in [0, 0.1) is 0 Å². The summed E-state index contributed by atoms with van der Waals surface area (Å²) in [6.07, 6.45) is 0. The molecule has 1 fully saturated rings. The lowest BCUT2D eigenvalue weighted by Gasteiger charge is -2.35. The molecule has 1 unspecified atom stereocenters. The van der Waals surface area contributed by atoms with Crippen LogP contribution >= 0.6 is 12.4 Å². The Hall–Kier alpha value is -2.48. The minimum atomic E-state index is -0.150. The molecule has 2 heterocycles. The van der Waals surface area contributed by atoms with Crippen LogP contribution in [0.3, 0.4) is 0 Å². The lowest BCUT2D eigenvalue weighted by molar-refractivity contribution is -0.123. The summed E-state index contributed by atoms with van der Waals surface area (Å²) >= 11 is 0. The molecule has 4 rings (SSSR count). The summed E-state index contributed by atoms with van der Waals surface area (Å²) in [6, 6.07) is 15.3. The fourth-order valence-corrected chi connectivity index (χ4v) is 3.39. The predicted molar refractivity (Wildman–Crippen MR) is 110 cm³/mol. The van der Waals surface area contributed by atoms with Crippen molar-refractivity contribution in [2.24, 2.45) is 0 Å². The fraction of sp³-hybridized carbons (Fsp3) is 0.381. The number of nitrogens with one attached hydrogen (secondary N) is 1. The quantitative estimate of drug-likeness (QED) is 0.741. The lowest BCUT2D eigenvalue weighted by atomic mass is 10.0. The van der Waals surface area contributed by atoms with E-state index in [0.717, 1.165) is 30.2 Å². The third-order valence-corrected chi connectivity index (χ3v) is 4.87. The van der Waals surface area contributed by atoms with E-state index in [1.807, 2.05) is 48.5 Å². The molecular formula is C21H25ClN2O5. The number of benzene rings is 2. The first-order chi connectivity index (χ1) is 13.8. The molecule has 1 N–H and O–H groups in total. The number of hydrogen-bond acceptors (Lipinski definition) is 6. The minimum absolute atomic E-state index is 0. The number of morpholine rings is 1. The first-order valence-electron chi connectivity index (χ1n) is 9.45. The van der Waals surface area contributed by atoms with Gasteiger partial charge in [-0.1, -0.05) is 24.3 Å². The number of ether oxygens (including phenoxy) is 4. The summed E-state index contributed by atoms with van der Waals surface area (Å²) in [6.45, 7) is 3.72. The number of para-hydroxylation sites is 1. The Morgan fingerprint density at radius 3 is 2.62 bits per heavy atom. The third-order valence-electron chi connectivity index (χ3n) is 4.87. The van der Waals surface area contributed by atoms with Crippen LogP contribution in [0.4, 0.5) is 0 Å². The predicted octanol–water partition coefficient (Wildman–Crippen LogP) is 2.41. The van der Waals surface area contributed by atoms with Crippen molar-refractivity contribution in [1.82, 2.24) is 10.2 Å². The van der Waals surface area contributed by atoms with Gasteiger partial charge in [-0.3, -0.25) is 9.69 Å². The van der Waals surface area contributed by atoms with Crippen molar-refractivity contribution in [1.29, 1.82) is 0 Å². The van der Waals surface area contributed by atoms with Crippen molar-refractivity contribution in [3.05, 3.63) is 54.1 Å². The van der Waals surface area contributed by atoms with E-state index in [1.54, 1.807) is 0 Å². The van der Waals surface area contributed by atoms with Gasteiger partial charge in [-0.2, -0.15) is 0 Å². The van der Waals surface area contributed by atoms with Crippen LogP contribution in [0.1, 0.15) is 11.6 Å². The van der Waals surface area contributed by atoms with Crippen LogP contribution in [0.25, 0.3) is 0 Å². The molecule has 0 spiro atoms. The molecule has 2 aromatic carbocycles. The van der Waals surface area contributed by atoms with Gasteiger partial charge in [0.2, 0.25) is 6.79 Å². The Morgan fingerprint density at radius 2 is 1.83 bits per heavy atom. The number of carbonyl (C=O) groups is 1. The Balaban J connectivity index is 0.00000240. The van der Waals surface area contributed by atoms with E-state index < -0.39 is 0 Å². The minimum Gasteiger partial charge on any atom is -0.484 e. The maximum absolute atomic E-state index is 12.3. The number of rotatable bonds is 7. The van der Waals surface area contributed by atoms with E-state index >= 15 is 0 Å². The van der Waals surface area contributed by atoms with Gasteiger partial charge in [0.05, 0.1) is 19.3 Å². The summed E-state index contributed by atoms with van der Waals surface area (Å²) in [5.41, 5.74) is 1.08. The Bertz CT molecular complexity index is 799. The number of halogens is 1. The molecule has 2 aliphatic rings. The second-order valence-electron chi connectivity index (χ2n) is 6.68. The first-order valence-corrected chi connectivity index (χ1v) is 9.45. The zero-order valence-corrected chi connectivity index (χ0v) is 16.9. The Kier molecular flexibility index (Phi) is 7.57. The van der Waals surface area contributed by atoms with Gasteiger partial charge >= 0.3 is 0 Å². The normalized spacial score (nSPS) is 16.6. The highest BCUT2D eigenvalue weighted by atomic mass is 35.5. The molecule has 8 heteroatoms. The van der Waals surface area contributed by atoms with Gasteiger partial charge in [0.15, 0.2) is 18.1 Å². The summed E-state index contributed by atoms with van der Waals surface area (Å²) in [7, 11) is 0. The van der Waals surface area contributed by atoms with Gasteiger partial charge in [0.25, 0.3) is 5.91 Å². The average Bonchev–Trinajstić information content (AvgIpc) is 3.22. The van der Waals surface area contributed by atoms with E-state index in [0.29, 0.717) is 25.5 Å². The van der Waals surface area contributed by atoms with Crippen molar-refractivity contribution in [2.75, 3.05) is 46.2 Å². The van der Waals surface area contributed by atoms with E-state index in [-0.39, 0.29) is 37.8 Å². The highest BCUT2D eigenvalue weighted by Gasteiger charge is 2.25. The molecule has 2 aromatic rings. The van der Waals surface area contributed by atoms with Crippen LogP contribution in [0.2, 0.25) is 0 Å². The maximum atomic E-state index is 12.3. The number of hydrogen-bond donors (Lipinski definition) is 1. The molecule has 0 aromatic heterocycles. The van der Waals surface area contributed by atoms with E-state index in [9.17, 15) is 4.79 Å². The summed E-state index contributed by atoms with van der Waals surface area (Å²) in [5, 5.41) is 3.00. The molecule has 1 amide bonds. The van der Waals surface area contributed by atoms with Gasteiger partial charge in [-0.15, -0.1) is 12.4 Å². The van der Waals surface area contributed by atoms with Crippen LogP contribution in [0.5, 0.6) is 17.2 Å². The van der Waals surface area contributed by atoms with Crippen LogP contribution in [-0.2, 0) is 9.53 Å². The molecule has 0 bridgehead atoms. The lowest BCUT2D eigenvalue weighted by Crippen LogP contribution is -2.44. The molecule has 7 nitrogen and oxygen atoms in total. The molecular weight excluding hydrogens is 396 g/mol. The first kappa shape index (κ1) is 21.2. The van der Waals surface area contributed by atoms with Crippen molar-refractivity contribution < 1.29 is 23.7 Å². The molecule has 0 aliphatic carbocycles. The van der Waals surface area contributed by atoms with Gasteiger partial charge < -0.3 is 24.3 Å². The van der Waals surface area contributed by atoms with E-state index in [4.69, 9.17) is 18.9 Å². The molecule has 0 radical (unpaired) electrons. The topological polar surface area (TPSA) is 69.3 Å². The standard InChI is InChI=1S/C21H24N2O5.ClH/c24-21(14-26-17-4-2-1-3-5-17)22-13-18(23-8-10-25-11-9-23)16-6-7-19-20(12-16)28-15-27-19;/h1-7,12,18H,8-11,13-15H2,(H,22,24);1H. The largest absolute Gasteiger partial charge is 0.484 e. The van der Waals surface area contributed by atoms with Gasteiger partial charge in [-0.25, -0.2) is 0 Å². The van der Waals surface area contributed by atoms with Crippen molar-refractivity contribution in [3.63, 3.8) is 0 Å². The molecule has 1 saturated heterocycles. The van der Waals surface area contributed by atoms with Crippen LogP contribution < -0.4 is 19.5 Å². The third kappa shape index (κ3) is 5.53. The van der Waals surface area contributed by atoms with E-state index in [2.05, 4.69) is 10.2 Å². The smallest absolute Gasteiger partial charge is 0.258 e. The highest BCUT2D eigenvalue weighted by molar-refractivity contribution is 5.85. The molecule has 2 aliphatic heterocycles. The highest BCUT2D eigenvalue weighted by Crippen LogP contribution is 2.35. The van der Waals surface area contributed by atoms with E-state index in [1.165, 1.54) is 0 Å². The second-order valence-corrected chi connectivity index (χ2v) is 6.68. The monoisotopic (exact) mass is 420 g/mol. The van der Waals surface area contributed by atoms with Crippen LogP contribution in [0.15, 0.2) is 48.5 Å². The Morgan fingerprint density at radius 1 is 1.07 bits per heavy atom. The van der Waals surface area contributed by atoms with Gasteiger partial charge in [0, 0.05) is 19.6 Å². The molecule has 1 atom stereocenters. The fourth-order valence-electron chi connectivity index (χ4n) is 3.39. The molecule has 156 valence electrons. The zero-order chi connectivity index (χ0) is 19.2. The second kappa shape index (κ2) is 10.3. The molecule has 29 heavy (non-hydrogen) atoms. The summed E-state index contributed by atoms with van der Waals surface area (Å²) in [4.78, 5) is 14.6.